The molecule has 0 saturated carbocycles. The zero-order chi connectivity index (χ0) is 20.3. The smallest absolute Gasteiger partial charge is 0.282 e. The van der Waals surface area contributed by atoms with E-state index in [0.717, 1.165) is 12.8 Å². The van der Waals surface area contributed by atoms with E-state index in [1.807, 2.05) is 6.92 Å². The van der Waals surface area contributed by atoms with Crippen molar-refractivity contribution < 1.29 is 14.5 Å². The van der Waals surface area contributed by atoms with E-state index in [9.17, 15) is 19.7 Å². The Balaban J connectivity index is 2.05. The summed E-state index contributed by atoms with van der Waals surface area (Å²) in [6.45, 7) is 2.03. The highest BCUT2D eigenvalue weighted by Gasteiger charge is 2.21. The molecule has 0 spiro atoms. The fourth-order valence-electron chi connectivity index (χ4n) is 2.79. The maximum absolute atomic E-state index is 12.7. The average Bonchev–Trinajstić information content (AvgIpc) is 3.10. The number of nitrogens with one attached hydrogen (secondary N) is 1. The van der Waals surface area contributed by atoms with E-state index < -0.39 is 16.7 Å². The molecule has 0 aliphatic heterocycles. The van der Waals surface area contributed by atoms with Crippen LogP contribution in [0.2, 0.25) is 0 Å². The van der Waals surface area contributed by atoms with Gasteiger partial charge in [-0.1, -0.05) is 25.5 Å². The van der Waals surface area contributed by atoms with Gasteiger partial charge in [0.2, 0.25) is 0 Å². The Kier molecular flexibility index (Phi) is 5.30. The number of aryl methyl sites for hydroxylation is 1. The van der Waals surface area contributed by atoms with Crippen molar-refractivity contribution in [2.24, 2.45) is 5.73 Å². The largest absolute Gasteiger partial charge is 0.364 e. The minimum absolute atomic E-state index is 0.0143. The van der Waals surface area contributed by atoms with E-state index >= 15 is 0 Å². The van der Waals surface area contributed by atoms with Crippen molar-refractivity contribution in [2.45, 2.75) is 26.2 Å². The molecular weight excluding hydrogens is 364 g/mol. The van der Waals surface area contributed by atoms with Crippen LogP contribution in [0.3, 0.4) is 0 Å². The molecule has 0 radical (unpaired) electrons. The van der Waals surface area contributed by atoms with Gasteiger partial charge in [-0.3, -0.25) is 24.1 Å². The van der Waals surface area contributed by atoms with Crippen molar-refractivity contribution in [3.8, 4) is 0 Å². The Morgan fingerprint density at radius 3 is 2.75 bits per heavy atom. The lowest BCUT2D eigenvalue weighted by atomic mass is 10.1. The Bertz CT molecular complexity index is 1080. The normalized spacial score (nSPS) is 10.8. The molecule has 0 saturated heterocycles. The first-order chi connectivity index (χ1) is 13.4. The summed E-state index contributed by atoms with van der Waals surface area (Å²) < 4.78 is 1.42. The molecule has 0 aliphatic rings. The minimum atomic E-state index is -0.737. The molecule has 2 amide bonds. The highest BCUT2D eigenvalue weighted by Crippen LogP contribution is 2.22. The van der Waals surface area contributed by atoms with E-state index in [2.05, 4.69) is 15.3 Å². The van der Waals surface area contributed by atoms with Crippen LogP contribution in [-0.4, -0.2) is 31.1 Å². The van der Waals surface area contributed by atoms with Gasteiger partial charge in [0, 0.05) is 17.8 Å². The lowest BCUT2D eigenvalue weighted by molar-refractivity contribution is -0.385. The number of imidazole rings is 1. The maximum atomic E-state index is 12.7. The van der Waals surface area contributed by atoms with Crippen LogP contribution in [0.15, 0.2) is 36.7 Å². The monoisotopic (exact) mass is 382 g/mol. The number of nitrogens with zero attached hydrogens (tertiary/aromatic N) is 4. The third-order valence-electron chi connectivity index (χ3n) is 4.16. The summed E-state index contributed by atoms with van der Waals surface area (Å²) in [5, 5.41) is 13.8. The zero-order valence-electron chi connectivity index (χ0n) is 15.1. The number of benzene rings is 1. The summed E-state index contributed by atoms with van der Waals surface area (Å²) in [6.07, 6.45) is 3.75. The number of fused-ring (bicyclic) bond motifs is 1. The SMILES string of the molecule is CCCCc1cc(NC(=O)c2ccccc2[N+](=O)[O-])n2cnc(C(N)=O)c2n1. The van der Waals surface area contributed by atoms with E-state index in [1.54, 1.807) is 12.1 Å². The number of hydrogen-bond acceptors (Lipinski definition) is 6. The van der Waals surface area contributed by atoms with Gasteiger partial charge in [-0.15, -0.1) is 0 Å². The number of carbonyl (C=O) groups is 2. The van der Waals surface area contributed by atoms with Crippen molar-refractivity contribution >= 4 is 29.0 Å². The molecule has 1 aromatic carbocycles. The van der Waals surface area contributed by atoms with Gasteiger partial charge in [-0.05, 0) is 18.9 Å². The van der Waals surface area contributed by atoms with Crippen molar-refractivity contribution in [1.29, 1.82) is 0 Å². The molecule has 0 atom stereocenters. The second kappa shape index (κ2) is 7.82. The molecule has 2 aromatic heterocycles. The van der Waals surface area contributed by atoms with E-state index in [-0.39, 0.29) is 22.6 Å². The number of unbranched alkanes of at least 4 members (excludes halogenated alkanes) is 1. The van der Waals surface area contributed by atoms with Crippen LogP contribution >= 0.6 is 0 Å². The number of nitro benzene ring substituents is 1. The molecule has 10 heteroatoms. The minimum Gasteiger partial charge on any atom is -0.364 e. The Labute approximate surface area is 159 Å². The summed E-state index contributed by atoms with van der Waals surface area (Å²) in [5.74, 6) is -1.10. The molecule has 144 valence electrons. The standard InChI is InChI=1S/C18H18N6O4/c1-2-3-6-11-9-14(23-10-20-15(16(19)25)17(23)21-11)22-18(26)12-7-4-5-8-13(12)24(27)28/h4-5,7-10H,2-3,6H2,1H3,(H2,19,25)(H,22,26). The molecule has 0 bridgehead atoms. The average molecular weight is 382 g/mol. The Morgan fingerprint density at radius 1 is 1.32 bits per heavy atom. The number of nitro groups is 1. The third-order valence-corrected chi connectivity index (χ3v) is 4.16. The van der Waals surface area contributed by atoms with Gasteiger partial charge in [-0.2, -0.15) is 0 Å². The molecule has 3 rings (SSSR count). The molecule has 10 nitrogen and oxygen atoms in total. The van der Waals surface area contributed by atoms with Crippen LogP contribution in [-0.2, 0) is 6.42 Å². The third kappa shape index (κ3) is 3.65. The summed E-state index contributed by atoms with van der Waals surface area (Å²) in [5.41, 5.74) is 5.82. The zero-order valence-corrected chi connectivity index (χ0v) is 15.1. The number of amides is 2. The van der Waals surface area contributed by atoms with Gasteiger partial charge in [0.05, 0.1) is 4.92 Å². The van der Waals surface area contributed by atoms with E-state index in [0.29, 0.717) is 17.9 Å². The number of aromatic nitrogens is 3. The molecule has 28 heavy (non-hydrogen) atoms. The highest BCUT2D eigenvalue weighted by molar-refractivity contribution is 6.07. The van der Waals surface area contributed by atoms with Gasteiger partial charge in [0.15, 0.2) is 11.3 Å². The molecule has 2 heterocycles. The summed E-state index contributed by atoms with van der Waals surface area (Å²) in [4.78, 5) is 43.3. The maximum Gasteiger partial charge on any atom is 0.282 e. The second-order valence-electron chi connectivity index (χ2n) is 6.12. The van der Waals surface area contributed by atoms with Gasteiger partial charge in [0.1, 0.15) is 17.7 Å². The van der Waals surface area contributed by atoms with Crippen LogP contribution < -0.4 is 11.1 Å². The van der Waals surface area contributed by atoms with E-state index in [1.165, 1.54) is 28.9 Å². The molecule has 0 fully saturated rings. The van der Waals surface area contributed by atoms with E-state index in [4.69, 9.17) is 5.73 Å². The number of rotatable bonds is 7. The van der Waals surface area contributed by atoms with Crippen LogP contribution in [0.4, 0.5) is 11.5 Å². The van der Waals surface area contributed by atoms with Gasteiger partial charge in [0.25, 0.3) is 17.5 Å². The second-order valence-corrected chi connectivity index (χ2v) is 6.12. The highest BCUT2D eigenvalue weighted by atomic mass is 16.6. The van der Waals surface area contributed by atoms with Crippen molar-refractivity contribution in [1.82, 2.24) is 14.4 Å². The first-order valence-electron chi connectivity index (χ1n) is 8.64. The fraction of sp³-hybridized carbons (Fsp3) is 0.222. The lowest BCUT2D eigenvalue weighted by Gasteiger charge is -2.10. The predicted molar refractivity (Wildman–Crippen MR) is 101 cm³/mol. The first-order valence-corrected chi connectivity index (χ1v) is 8.64. The number of hydrogen-bond donors (Lipinski definition) is 2. The number of primary amides is 1. The lowest BCUT2D eigenvalue weighted by Crippen LogP contribution is -2.17. The Morgan fingerprint density at radius 2 is 2.07 bits per heavy atom. The van der Waals surface area contributed by atoms with Crippen LogP contribution in [0.25, 0.3) is 5.65 Å². The number of para-hydroxylation sites is 1. The molecule has 3 N–H and O–H groups in total. The van der Waals surface area contributed by atoms with Gasteiger partial charge < -0.3 is 11.1 Å². The van der Waals surface area contributed by atoms with Crippen LogP contribution in [0.1, 0.15) is 46.3 Å². The molecule has 3 aromatic rings. The van der Waals surface area contributed by atoms with Crippen molar-refractivity contribution in [3.63, 3.8) is 0 Å². The Hall–Kier alpha value is -3.82. The summed E-state index contributed by atoms with van der Waals surface area (Å²) in [7, 11) is 0. The number of anilines is 1. The number of carbonyl (C=O) groups excluding carboxylic acids is 2. The topological polar surface area (TPSA) is 146 Å². The van der Waals surface area contributed by atoms with Gasteiger partial charge in [-0.25, -0.2) is 9.97 Å². The number of nitrogens with two attached hydrogens (primary N) is 1. The summed E-state index contributed by atoms with van der Waals surface area (Å²) in [6, 6.07) is 7.30. The predicted octanol–water partition coefficient (Wildman–Crippen LogP) is 2.33. The van der Waals surface area contributed by atoms with Gasteiger partial charge >= 0.3 is 0 Å². The van der Waals surface area contributed by atoms with Crippen LogP contribution in [0, 0.1) is 10.1 Å². The fourth-order valence-corrected chi connectivity index (χ4v) is 2.79. The van der Waals surface area contributed by atoms with Crippen LogP contribution in [0.5, 0.6) is 0 Å². The summed E-state index contributed by atoms with van der Waals surface area (Å²) >= 11 is 0. The molecule has 0 aliphatic carbocycles. The van der Waals surface area contributed by atoms with Crippen molar-refractivity contribution in [3.05, 3.63) is 63.7 Å². The van der Waals surface area contributed by atoms with Crippen molar-refractivity contribution in [2.75, 3.05) is 5.32 Å². The first kappa shape index (κ1) is 19.0. The molecular formula is C18H18N6O4. The quantitative estimate of drug-likeness (QED) is 0.474. The molecule has 0 unspecified atom stereocenters.